The molecule has 1 aliphatic heterocycles. The summed E-state index contributed by atoms with van der Waals surface area (Å²) >= 11 is 0. The van der Waals surface area contributed by atoms with Crippen molar-refractivity contribution in [2.45, 2.75) is 25.5 Å². The third kappa shape index (κ3) is 2.64. The first-order valence-corrected chi connectivity index (χ1v) is 3.77. The van der Waals surface area contributed by atoms with Crippen LogP contribution in [0.15, 0.2) is 0 Å². The van der Waals surface area contributed by atoms with Crippen molar-refractivity contribution in [3.8, 4) is 0 Å². The van der Waals surface area contributed by atoms with Gasteiger partial charge in [0, 0.05) is 7.11 Å². The van der Waals surface area contributed by atoms with E-state index in [9.17, 15) is 0 Å². The topological polar surface area (TPSA) is 30.5 Å². The molecule has 1 rings (SSSR count). The summed E-state index contributed by atoms with van der Waals surface area (Å²) in [6.45, 7) is 1.48. The maximum absolute atomic E-state index is 5.30. The van der Waals surface area contributed by atoms with Gasteiger partial charge in [-0.25, -0.2) is 0 Å². The maximum atomic E-state index is 5.30. The number of nitrogens with one attached hydrogen (secondary N) is 1. The zero-order valence-electron chi connectivity index (χ0n) is 6.43. The predicted octanol–water partition coefficient (Wildman–Crippen LogP) is 0.707. The van der Waals surface area contributed by atoms with Gasteiger partial charge in [0.05, 0.1) is 0 Å². The van der Waals surface area contributed by atoms with E-state index < -0.39 is 0 Å². The first kappa shape index (κ1) is 7.98. The standard InChI is InChI=1S/C7H15NO2/c1-9-6-10-7-4-2-3-5-8-7/h7-8H,2-6H2,1H3. The van der Waals surface area contributed by atoms with Crippen LogP contribution in [0.2, 0.25) is 0 Å². The summed E-state index contributed by atoms with van der Waals surface area (Å²) < 4.78 is 10.1. The van der Waals surface area contributed by atoms with Gasteiger partial charge in [-0.3, -0.25) is 5.32 Å². The molecular weight excluding hydrogens is 130 g/mol. The summed E-state index contributed by atoms with van der Waals surface area (Å²) in [5.74, 6) is 0. The fourth-order valence-corrected chi connectivity index (χ4v) is 1.11. The summed E-state index contributed by atoms with van der Waals surface area (Å²) in [5, 5.41) is 3.25. The van der Waals surface area contributed by atoms with Gasteiger partial charge in [0.15, 0.2) is 0 Å². The molecule has 1 aliphatic rings. The van der Waals surface area contributed by atoms with Crippen molar-refractivity contribution in [1.29, 1.82) is 0 Å². The monoisotopic (exact) mass is 145 g/mol. The highest BCUT2D eigenvalue weighted by atomic mass is 16.7. The van der Waals surface area contributed by atoms with Crippen LogP contribution in [0, 0.1) is 0 Å². The number of ether oxygens (including phenoxy) is 2. The molecule has 1 N–H and O–H groups in total. The van der Waals surface area contributed by atoms with E-state index in [0.717, 1.165) is 13.0 Å². The molecule has 1 heterocycles. The van der Waals surface area contributed by atoms with Crippen LogP contribution in [0.5, 0.6) is 0 Å². The minimum Gasteiger partial charge on any atom is -0.359 e. The van der Waals surface area contributed by atoms with Crippen LogP contribution in [0.1, 0.15) is 19.3 Å². The zero-order valence-corrected chi connectivity index (χ0v) is 6.43. The highest BCUT2D eigenvalue weighted by molar-refractivity contribution is 4.62. The molecule has 1 atom stereocenters. The number of hydrogen-bond donors (Lipinski definition) is 1. The van der Waals surface area contributed by atoms with Gasteiger partial charge in [0.1, 0.15) is 13.0 Å². The molecule has 0 aromatic carbocycles. The van der Waals surface area contributed by atoms with Crippen molar-refractivity contribution in [3.05, 3.63) is 0 Å². The van der Waals surface area contributed by atoms with E-state index in [0.29, 0.717) is 6.79 Å². The van der Waals surface area contributed by atoms with Crippen LogP contribution < -0.4 is 5.32 Å². The lowest BCUT2D eigenvalue weighted by Crippen LogP contribution is -2.36. The lowest BCUT2D eigenvalue weighted by molar-refractivity contribution is -0.0906. The number of methoxy groups -OCH3 is 1. The van der Waals surface area contributed by atoms with E-state index in [1.54, 1.807) is 7.11 Å². The Kier molecular flexibility index (Phi) is 3.72. The Hall–Kier alpha value is -0.120. The Bertz CT molecular complexity index is 81.7. The molecule has 0 aromatic rings. The molecule has 0 bridgehead atoms. The van der Waals surface area contributed by atoms with Crippen molar-refractivity contribution < 1.29 is 9.47 Å². The van der Waals surface area contributed by atoms with Crippen LogP contribution in [0.25, 0.3) is 0 Å². The van der Waals surface area contributed by atoms with E-state index in [1.165, 1.54) is 12.8 Å². The Morgan fingerprint density at radius 3 is 3.00 bits per heavy atom. The second-order valence-electron chi connectivity index (χ2n) is 2.51. The minimum atomic E-state index is 0.230. The summed E-state index contributed by atoms with van der Waals surface area (Å²) in [6, 6.07) is 0. The molecular formula is C7H15NO2. The molecule has 60 valence electrons. The third-order valence-corrected chi connectivity index (χ3v) is 1.65. The molecule has 3 nitrogen and oxygen atoms in total. The van der Waals surface area contributed by atoms with Gasteiger partial charge in [0.25, 0.3) is 0 Å². The largest absolute Gasteiger partial charge is 0.359 e. The van der Waals surface area contributed by atoms with Crippen LogP contribution in [0.3, 0.4) is 0 Å². The van der Waals surface area contributed by atoms with Gasteiger partial charge in [-0.2, -0.15) is 0 Å². The van der Waals surface area contributed by atoms with E-state index >= 15 is 0 Å². The van der Waals surface area contributed by atoms with Gasteiger partial charge >= 0.3 is 0 Å². The first-order valence-electron chi connectivity index (χ1n) is 3.77. The molecule has 3 heteroatoms. The van der Waals surface area contributed by atoms with Gasteiger partial charge in [-0.1, -0.05) is 0 Å². The Morgan fingerprint density at radius 2 is 2.40 bits per heavy atom. The normalized spacial score (nSPS) is 26.7. The van der Waals surface area contributed by atoms with Gasteiger partial charge in [-0.05, 0) is 25.8 Å². The zero-order chi connectivity index (χ0) is 7.23. The summed E-state index contributed by atoms with van der Waals surface area (Å²) in [7, 11) is 1.64. The Morgan fingerprint density at radius 1 is 1.50 bits per heavy atom. The molecule has 1 unspecified atom stereocenters. The highest BCUT2D eigenvalue weighted by Crippen LogP contribution is 2.07. The van der Waals surface area contributed by atoms with E-state index in [1.807, 2.05) is 0 Å². The molecule has 1 saturated heterocycles. The average molecular weight is 145 g/mol. The maximum Gasteiger partial charge on any atom is 0.148 e. The summed E-state index contributed by atoms with van der Waals surface area (Å²) in [4.78, 5) is 0. The smallest absolute Gasteiger partial charge is 0.148 e. The SMILES string of the molecule is COCOC1CCCCN1. The molecule has 10 heavy (non-hydrogen) atoms. The summed E-state index contributed by atoms with van der Waals surface area (Å²) in [5.41, 5.74) is 0. The van der Waals surface area contributed by atoms with Crippen LogP contribution >= 0.6 is 0 Å². The second kappa shape index (κ2) is 4.66. The van der Waals surface area contributed by atoms with E-state index in [4.69, 9.17) is 9.47 Å². The van der Waals surface area contributed by atoms with E-state index in [2.05, 4.69) is 5.32 Å². The second-order valence-corrected chi connectivity index (χ2v) is 2.51. The molecule has 1 fully saturated rings. The number of hydrogen-bond acceptors (Lipinski definition) is 3. The van der Waals surface area contributed by atoms with Crippen molar-refractivity contribution in [2.75, 3.05) is 20.4 Å². The molecule has 0 amide bonds. The summed E-state index contributed by atoms with van der Waals surface area (Å²) in [6.07, 6.45) is 3.88. The number of rotatable bonds is 3. The Labute approximate surface area is 61.7 Å². The lowest BCUT2D eigenvalue weighted by Gasteiger charge is -2.22. The van der Waals surface area contributed by atoms with Gasteiger partial charge in [0.2, 0.25) is 0 Å². The quantitative estimate of drug-likeness (QED) is 0.593. The number of piperidine rings is 1. The van der Waals surface area contributed by atoms with Crippen molar-refractivity contribution in [2.24, 2.45) is 0 Å². The predicted molar refractivity (Wildman–Crippen MR) is 38.6 cm³/mol. The van der Waals surface area contributed by atoms with Gasteiger partial charge < -0.3 is 9.47 Å². The average Bonchev–Trinajstić information content (AvgIpc) is 2.03. The van der Waals surface area contributed by atoms with Crippen molar-refractivity contribution >= 4 is 0 Å². The highest BCUT2D eigenvalue weighted by Gasteiger charge is 2.11. The van der Waals surface area contributed by atoms with Gasteiger partial charge in [-0.15, -0.1) is 0 Å². The van der Waals surface area contributed by atoms with Crippen LogP contribution in [-0.2, 0) is 9.47 Å². The molecule has 0 saturated carbocycles. The van der Waals surface area contributed by atoms with E-state index in [-0.39, 0.29) is 6.23 Å². The lowest BCUT2D eigenvalue weighted by atomic mass is 10.1. The fraction of sp³-hybridized carbons (Fsp3) is 1.00. The minimum absolute atomic E-state index is 0.230. The van der Waals surface area contributed by atoms with Crippen molar-refractivity contribution in [3.63, 3.8) is 0 Å². The van der Waals surface area contributed by atoms with Crippen LogP contribution in [0.4, 0.5) is 0 Å². The molecule has 0 aromatic heterocycles. The van der Waals surface area contributed by atoms with Crippen molar-refractivity contribution in [1.82, 2.24) is 5.32 Å². The van der Waals surface area contributed by atoms with Crippen LogP contribution in [-0.4, -0.2) is 26.7 Å². The first-order chi connectivity index (χ1) is 4.93. The Balaban J connectivity index is 2.02. The molecule has 0 radical (unpaired) electrons. The third-order valence-electron chi connectivity index (χ3n) is 1.65. The molecule has 0 aliphatic carbocycles. The fourth-order valence-electron chi connectivity index (χ4n) is 1.11. The molecule has 0 spiro atoms.